The van der Waals surface area contributed by atoms with Gasteiger partial charge in [0.2, 0.25) is 5.91 Å². The van der Waals surface area contributed by atoms with Gasteiger partial charge in [-0.3, -0.25) is 9.59 Å². The topological polar surface area (TPSA) is 58.6 Å². The molecule has 6 heteroatoms. The highest BCUT2D eigenvalue weighted by Gasteiger charge is 2.28. The molecule has 1 atom stereocenters. The zero-order chi connectivity index (χ0) is 21.4. The Balaban J connectivity index is 2.19. The standard InChI is InChI=1S/C23H29BrN2O3/c1-5-21(23(28)25-6-2)26(14-18-9-7-16(3)8-10-18)22(27)15-29-19-11-12-20(24)17(4)13-19/h7-13,21H,5-6,14-15H2,1-4H3,(H,25,28)/t21-/m0/s1. The first kappa shape index (κ1) is 22.9. The molecule has 2 aromatic carbocycles. The van der Waals surface area contributed by atoms with E-state index < -0.39 is 6.04 Å². The van der Waals surface area contributed by atoms with Gasteiger partial charge in [-0.2, -0.15) is 0 Å². The minimum Gasteiger partial charge on any atom is -0.484 e. The molecule has 1 N–H and O–H groups in total. The Hall–Kier alpha value is -2.34. The monoisotopic (exact) mass is 460 g/mol. The second-order valence-corrected chi connectivity index (χ2v) is 7.88. The second kappa shape index (κ2) is 11.0. The van der Waals surface area contributed by atoms with E-state index in [0.29, 0.717) is 25.3 Å². The maximum atomic E-state index is 13.1. The smallest absolute Gasteiger partial charge is 0.261 e. The van der Waals surface area contributed by atoms with Crippen LogP contribution < -0.4 is 10.1 Å². The van der Waals surface area contributed by atoms with Crippen molar-refractivity contribution in [2.24, 2.45) is 0 Å². The van der Waals surface area contributed by atoms with Crippen molar-refractivity contribution in [2.75, 3.05) is 13.2 Å². The van der Waals surface area contributed by atoms with Gasteiger partial charge in [0, 0.05) is 17.6 Å². The van der Waals surface area contributed by atoms with Crippen LogP contribution in [-0.2, 0) is 16.1 Å². The van der Waals surface area contributed by atoms with Crippen molar-refractivity contribution >= 4 is 27.7 Å². The summed E-state index contributed by atoms with van der Waals surface area (Å²) in [4.78, 5) is 27.2. The van der Waals surface area contributed by atoms with Crippen molar-refractivity contribution in [3.8, 4) is 5.75 Å². The minimum atomic E-state index is -0.543. The van der Waals surface area contributed by atoms with E-state index in [0.717, 1.165) is 21.2 Å². The molecule has 0 heterocycles. The van der Waals surface area contributed by atoms with Crippen LogP contribution in [0.3, 0.4) is 0 Å². The molecule has 0 saturated heterocycles. The third-order valence-corrected chi connectivity index (χ3v) is 5.59. The molecule has 2 amide bonds. The summed E-state index contributed by atoms with van der Waals surface area (Å²) in [5, 5.41) is 2.84. The van der Waals surface area contributed by atoms with Crippen LogP contribution in [0.1, 0.15) is 37.0 Å². The number of aryl methyl sites for hydroxylation is 2. The number of likely N-dealkylation sites (N-methyl/N-ethyl adjacent to an activating group) is 1. The van der Waals surface area contributed by atoms with Crippen molar-refractivity contribution in [3.05, 3.63) is 63.6 Å². The van der Waals surface area contributed by atoms with Crippen molar-refractivity contribution in [2.45, 2.75) is 46.7 Å². The lowest BCUT2D eigenvalue weighted by atomic mass is 10.1. The van der Waals surface area contributed by atoms with E-state index in [4.69, 9.17) is 4.74 Å². The Kier molecular flexibility index (Phi) is 8.70. The average Bonchev–Trinajstić information content (AvgIpc) is 2.70. The molecule has 5 nitrogen and oxygen atoms in total. The summed E-state index contributed by atoms with van der Waals surface area (Å²) in [7, 11) is 0. The number of rotatable bonds is 9. The van der Waals surface area contributed by atoms with Gasteiger partial charge in [0.15, 0.2) is 6.61 Å². The average molecular weight is 461 g/mol. The summed E-state index contributed by atoms with van der Waals surface area (Å²) in [6.07, 6.45) is 0.529. The fourth-order valence-corrected chi connectivity index (χ4v) is 3.28. The lowest BCUT2D eigenvalue weighted by Crippen LogP contribution is -2.50. The van der Waals surface area contributed by atoms with Crippen molar-refractivity contribution in [3.63, 3.8) is 0 Å². The normalized spacial score (nSPS) is 11.6. The highest BCUT2D eigenvalue weighted by Crippen LogP contribution is 2.22. The number of ether oxygens (including phenoxy) is 1. The molecule has 0 aliphatic heterocycles. The number of nitrogens with one attached hydrogen (secondary N) is 1. The van der Waals surface area contributed by atoms with E-state index in [1.54, 1.807) is 4.90 Å². The van der Waals surface area contributed by atoms with Gasteiger partial charge in [-0.1, -0.05) is 52.7 Å². The summed E-state index contributed by atoms with van der Waals surface area (Å²) in [5.41, 5.74) is 3.16. The largest absolute Gasteiger partial charge is 0.484 e. The highest BCUT2D eigenvalue weighted by atomic mass is 79.9. The van der Waals surface area contributed by atoms with Gasteiger partial charge in [0.05, 0.1) is 0 Å². The summed E-state index contributed by atoms with van der Waals surface area (Å²) >= 11 is 3.46. The molecule has 0 aliphatic carbocycles. The van der Waals surface area contributed by atoms with Crippen LogP contribution in [0.4, 0.5) is 0 Å². The number of nitrogens with zero attached hydrogens (tertiary/aromatic N) is 1. The molecule has 0 saturated carbocycles. The molecule has 156 valence electrons. The Morgan fingerprint density at radius 2 is 1.79 bits per heavy atom. The van der Waals surface area contributed by atoms with Gasteiger partial charge in [0.1, 0.15) is 11.8 Å². The van der Waals surface area contributed by atoms with Crippen molar-refractivity contribution in [1.82, 2.24) is 10.2 Å². The van der Waals surface area contributed by atoms with E-state index in [-0.39, 0.29) is 18.4 Å². The Morgan fingerprint density at radius 1 is 1.10 bits per heavy atom. The quantitative estimate of drug-likeness (QED) is 0.603. The summed E-state index contributed by atoms with van der Waals surface area (Å²) in [5.74, 6) is 0.264. The SMILES string of the molecule is CCNC(=O)[C@H](CC)N(Cc1ccc(C)cc1)C(=O)COc1ccc(Br)c(C)c1. The zero-order valence-electron chi connectivity index (χ0n) is 17.5. The van der Waals surface area contributed by atoms with E-state index in [2.05, 4.69) is 21.2 Å². The van der Waals surface area contributed by atoms with E-state index in [1.807, 2.05) is 70.2 Å². The van der Waals surface area contributed by atoms with E-state index in [9.17, 15) is 9.59 Å². The van der Waals surface area contributed by atoms with Crippen molar-refractivity contribution < 1.29 is 14.3 Å². The van der Waals surface area contributed by atoms with Gasteiger partial charge in [-0.25, -0.2) is 0 Å². The molecular formula is C23H29BrN2O3. The Morgan fingerprint density at radius 3 is 2.38 bits per heavy atom. The number of carbonyl (C=O) groups is 2. The second-order valence-electron chi connectivity index (χ2n) is 7.03. The number of hydrogen-bond donors (Lipinski definition) is 1. The maximum absolute atomic E-state index is 13.1. The molecule has 0 spiro atoms. The number of carbonyl (C=O) groups excluding carboxylic acids is 2. The van der Waals surface area contributed by atoms with Gasteiger partial charge < -0.3 is 15.0 Å². The third kappa shape index (κ3) is 6.60. The van der Waals surface area contributed by atoms with Gasteiger partial charge in [0.25, 0.3) is 5.91 Å². The van der Waals surface area contributed by atoms with Gasteiger partial charge in [-0.15, -0.1) is 0 Å². The molecule has 0 aliphatic rings. The third-order valence-electron chi connectivity index (χ3n) is 4.70. The molecular weight excluding hydrogens is 432 g/mol. The maximum Gasteiger partial charge on any atom is 0.261 e. The fourth-order valence-electron chi connectivity index (χ4n) is 3.04. The Labute approximate surface area is 181 Å². The van der Waals surface area contributed by atoms with Crippen LogP contribution in [0.25, 0.3) is 0 Å². The first-order chi connectivity index (χ1) is 13.8. The molecule has 0 bridgehead atoms. The van der Waals surface area contributed by atoms with Gasteiger partial charge in [-0.05, 0) is 56.5 Å². The van der Waals surface area contributed by atoms with Crippen LogP contribution >= 0.6 is 15.9 Å². The fraction of sp³-hybridized carbons (Fsp3) is 0.391. The van der Waals surface area contributed by atoms with Crippen molar-refractivity contribution in [1.29, 1.82) is 0 Å². The Bertz CT molecular complexity index is 837. The molecule has 0 aromatic heterocycles. The van der Waals surface area contributed by atoms with Crippen LogP contribution in [0, 0.1) is 13.8 Å². The zero-order valence-corrected chi connectivity index (χ0v) is 19.1. The first-order valence-electron chi connectivity index (χ1n) is 9.87. The first-order valence-corrected chi connectivity index (χ1v) is 10.7. The van der Waals surface area contributed by atoms with Crippen LogP contribution in [-0.4, -0.2) is 35.9 Å². The number of amides is 2. The van der Waals surface area contributed by atoms with E-state index in [1.165, 1.54) is 0 Å². The lowest BCUT2D eigenvalue weighted by Gasteiger charge is -2.30. The molecule has 0 radical (unpaired) electrons. The molecule has 29 heavy (non-hydrogen) atoms. The van der Waals surface area contributed by atoms with Crippen LogP contribution in [0.2, 0.25) is 0 Å². The lowest BCUT2D eigenvalue weighted by molar-refractivity contribution is -0.142. The van der Waals surface area contributed by atoms with Crippen LogP contribution in [0.15, 0.2) is 46.9 Å². The predicted molar refractivity (Wildman–Crippen MR) is 119 cm³/mol. The molecule has 2 rings (SSSR count). The molecule has 0 unspecified atom stereocenters. The number of halogens is 1. The number of hydrogen-bond acceptors (Lipinski definition) is 3. The molecule has 2 aromatic rings. The highest BCUT2D eigenvalue weighted by molar-refractivity contribution is 9.10. The predicted octanol–water partition coefficient (Wildman–Crippen LogP) is 4.39. The minimum absolute atomic E-state index is 0.122. The van der Waals surface area contributed by atoms with Crippen LogP contribution in [0.5, 0.6) is 5.75 Å². The molecule has 0 fully saturated rings. The van der Waals surface area contributed by atoms with E-state index >= 15 is 0 Å². The summed E-state index contributed by atoms with van der Waals surface area (Å²) < 4.78 is 6.72. The summed E-state index contributed by atoms with van der Waals surface area (Å²) in [6.45, 7) is 8.52. The summed E-state index contributed by atoms with van der Waals surface area (Å²) in [6, 6.07) is 13.0. The number of benzene rings is 2. The van der Waals surface area contributed by atoms with Gasteiger partial charge >= 0.3 is 0 Å².